The molecular weight excluding hydrogens is 182 g/mol. The van der Waals surface area contributed by atoms with Gasteiger partial charge in [0, 0.05) is 12.0 Å². The molecule has 0 unspecified atom stereocenters. The summed E-state index contributed by atoms with van der Waals surface area (Å²) in [6, 6.07) is 0. The average molecular weight is 199 g/mol. The molecule has 0 amide bonds. The summed E-state index contributed by atoms with van der Waals surface area (Å²) in [5, 5.41) is 1.07. The summed E-state index contributed by atoms with van der Waals surface area (Å²) in [4.78, 5) is 5.82. The van der Waals surface area contributed by atoms with Crippen LogP contribution in [0.3, 0.4) is 0 Å². The molecule has 0 fully saturated rings. The fourth-order valence-electron chi connectivity index (χ4n) is 1.33. The molecule has 0 aliphatic carbocycles. The smallest absolute Gasteiger partial charge is 0.119 e. The molecule has 74 valence electrons. The van der Waals surface area contributed by atoms with E-state index in [1.165, 1.54) is 4.88 Å². The number of ether oxygens (including phenoxy) is 1. The van der Waals surface area contributed by atoms with Crippen LogP contribution in [0.4, 0.5) is 0 Å². The summed E-state index contributed by atoms with van der Waals surface area (Å²) >= 11 is 1.75. The standard InChI is InChI=1S/C10H17NOS/c1-7-9(10(2,3)4)13-8(11-7)6-12-5/h6H2,1-5H3. The van der Waals surface area contributed by atoms with Gasteiger partial charge in [0.2, 0.25) is 0 Å². The van der Waals surface area contributed by atoms with Gasteiger partial charge in [-0.05, 0) is 12.3 Å². The fourth-order valence-corrected chi connectivity index (χ4v) is 2.43. The summed E-state index contributed by atoms with van der Waals surface area (Å²) in [6.07, 6.45) is 0. The molecule has 0 bridgehead atoms. The number of nitrogens with zero attached hydrogens (tertiary/aromatic N) is 1. The van der Waals surface area contributed by atoms with Crippen LogP contribution in [-0.2, 0) is 16.8 Å². The van der Waals surface area contributed by atoms with Crippen molar-refractivity contribution in [2.75, 3.05) is 7.11 Å². The van der Waals surface area contributed by atoms with Crippen LogP contribution in [-0.4, -0.2) is 12.1 Å². The summed E-state index contributed by atoms with van der Waals surface area (Å²) < 4.78 is 5.06. The Balaban J connectivity index is 2.96. The maximum Gasteiger partial charge on any atom is 0.119 e. The van der Waals surface area contributed by atoms with E-state index >= 15 is 0 Å². The molecule has 0 aliphatic heterocycles. The van der Waals surface area contributed by atoms with E-state index in [0.717, 1.165) is 10.7 Å². The van der Waals surface area contributed by atoms with Crippen LogP contribution in [0.1, 0.15) is 36.3 Å². The van der Waals surface area contributed by atoms with Gasteiger partial charge < -0.3 is 4.74 Å². The van der Waals surface area contributed by atoms with Crippen molar-refractivity contribution in [2.24, 2.45) is 0 Å². The van der Waals surface area contributed by atoms with Crippen molar-refractivity contribution < 1.29 is 4.74 Å². The summed E-state index contributed by atoms with van der Waals surface area (Å²) in [7, 11) is 1.70. The van der Waals surface area contributed by atoms with Crippen molar-refractivity contribution in [3.05, 3.63) is 15.6 Å². The predicted octanol–water partition coefficient (Wildman–Crippen LogP) is 2.90. The van der Waals surface area contributed by atoms with Gasteiger partial charge in [0.1, 0.15) is 5.01 Å². The second kappa shape index (κ2) is 3.76. The maximum absolute atomic E-state index is 5.06. The number of aromatic nitrogens is 1. The zero-order valence-electron chi connectivity index (χ0n) is 8.97. The maximum atomic E-state index is 5.06. The number of thiazole rings is 1. The van der Waals surface area contributed by atoms with Gasteiger partial charge in [-0.1, -0.05) is 20.8 Å². The molecule has 0 aliphatic rings. The quantitative estimate of drug-likeness (QED) is 0.730. The molecule has 0 radical (unpaired) electrons. The number of aryl methyl sites for hydroxylation is 1. The molecule has 0 atom stereocenters. The zero-order valence-corrected chi connectivity index (χ0v) is 9.79. The van der Waals surface area contributed by atoms with Crippen LogP contribution in [0.25, 0.3) is 0 Å². The molecular formula is C10H17NOS. The first-order chi connectivity index (χ1) is 5.95. The van der Waals surface area contributed by atoms with Gasteiger partial charge in [-0.15, -0.1) is 11.3 Å². The minimum atomic E-state index is 0.202. The first-order valence-electron chi connectivity index (χ1n) is 4.41. The summed E-state index contributed by atoms with van der Waals surface area (Å²) in [5.41, 5.74) is 1.35. The Bertz CT molecular complexity index is 286. The van der Waals surface area contributed by atoms with Crippen molar-refractivity contribution in [3.63, 3.8) is 0 Å². The monoisotopic (exact) mass is 199 g/mol. The van der Waals surface area contributed by atoms with Crippen LogP contribution in [0, 0.1) is 6.92 Å². The SMILES string of the molecule is COCc1nc(C)c(C(C)(C)C)s1. The molecule has 1 heterocycles. The fraction of sp³-hybridized carbons (Fsp3) is 0.700. The molecule has 3 heteroatoms. The van der Waals surface area contributed by atoms with Crippen molar-refractivity contribution in [3.8, 4) is 0 Å². The van der Waals surface area contributed by atoms with Gasteiger partial charge in [-0.2, -0.15) is 0 Å². The second-order valence-corrected chi connectivity index (χ2v) is 5.29. The molecule has 13 heavy (non-hydrogen) atoms. The number of rotatable bonds is 2. The van der Waals surface area contributed by atoms with Gasteiger partial charge in [0.05, 0.1) is 12.3 Å². The Hall–Kier alpha value is -0.410. The Kier molecular flexibility index (Phi) is 3.09. The molecule has 2 nitrogen and oxygen atoms in total. The van der Waals surface area contributed by atoms with Gasteiger partial charge >= 0.3 is 0 Å². The van der Waals surface area contributed by atoms with Crippen LogP contribution in [0.2, 0.25) is 0 Å². The zero-order chi connectivity index (χ0) is 10.1. The van der Waals surface area contributed by atoms with Crippen molar-refractivity contribution >= 4 is 11.3 Å². The van der Waals surface area contributed by atoms with Crippen LogP contribution < -0.4 is 0 Å². The molecule has 0 aromatic carbocycles. The molecule has 1 rings (SSSR count). The van der Waals surface area contributed by atoms with Crippen molar-refractivity contribution in [1.29, 1.82) is 0 Å². The van der Waals surface area contributed by atoms with Crippen LogP contribution >= 0.6 is 11.3 Å². The number of hydrogen-bond donors (Lipinski definition) is 0. The lowest BCUT2D eigenvalue weighted by atomic mass is 9.94. The third-order valence-electron chi connectivity index (χ3n) is 1.79. The molecule has 1 aromatic heterocycles. The van der Waals surface area contributed by atoms with Crippen molar-refractivity contribution in [2.45, 2.75) is 39.7 Å². The highest BCUT2D eigenvalue weighted by atomic mass is 32.1. The van der Waals surface area contributed by atoms with Crippen molar-refractivity contribution in [1.82, 2.24) is 4.98 Å². The molecule has 0 N–H and O–H groups in total. The van der Waals surface area contributed by atoms with Crippen LogP contribution in [0.15, 0.2) is 0 Å². The predicted molar refractivity (Wildman–Crippen MR) is 56.3 cm³/mol. The van der Waals surface area contributed by atoms with E-state index < -0.39 is 0 Å². The highest BCUT2D eigenvalue weighted by Crippen LogP contribution is 2.31. The number of methoxy groups -OCH3 is 1. The van der Waals surface area contributed by atoms with E-state index in [1.807, 2.05) is 0 Å². The van der Waals surface area contributed by atoms with Gasteiger partial charge in [0.15, 0.2) is 0 Å². The van der Waals surface area contributed by atoms with Gasteiger partial charge in [-0.3, -0.25) is 0 Å². The molecule has 1 aromatic rings. The normalized spacial score (nSPS) is 12.1. The third kappa shape index (κ3) is 2.51. The average Bonchev–Trinajstić information content (AvgIpc) is 2.30. The largest absolute Gasteiger partial charge is 0.378 e. The van der Waals surface area contributed by atoms with E-state index in [-0.39, 0.29) is 5.41 Å². The minimum absolute atomic E-state index is 0.202. The Morgan fingerprint density at radius 1 is 1.38 bits per heavy atom. The topological polar surface area (TPSA) is 22.1 Å². The summed E-state index contributed by atoms with van der Waals surface area (Å²) in [6.45, 7) is 9.33. The lowest BCUT2D eigenvalue weighted by molar-refractivity contribution is 0.184. The highest BCUT2D eigenvalue weighted by Gasteiger charge is 2.20. The number of hydrogen-bond acceptors (Lipinski definition) is 3. The first kappa shape index (κ1) is 10.7. The van der Waals surface area contributed by atoms with E-state index in [9.17, 15) is 0 Å². The van der Waals surface area contributed by atoms with E-state index in [2.05, 4.69) is 32.7 Å². The molecule has 0 spiro atoms. The first-order valence-corrected chi connectivity index (χ1v) is 5.22. The van der Waals surface area contributed by atoms with Crippen LogP contribution in [0.5, 0.6) is 0 Å². The third-order valence-corrected chi connectivity index (χ3v) is 3.35. The lowest BCUT2D eigenvalue weighted by Gasteiger charge is -2.16. The Morgan fingerprint density at radius 3 is 2.38 bits per heavy atom. The van der Waals surface area contributed by atoms with E-state index in [1.54, 1.807) is 18.4 Å². The molecule has 0 saturated heterocycles. The Morgan fingerprint density at radius 2 is 2.00 bits per heavy atom. The minimum Gasteiger partial charge on any atom is -0.378 e. The van der Waals surface area contributed by atoms with Gasteiger partial charge in [-0.25, -0.2) is 4.98 Å². The second-order valence-electron chi connectivity index (χ2n) is 4.21. The van der Waals surface area contributed by atoms with E-state index in [4.69, 9.17) is 4.74 Å². The Labute approximate surface area is 84.0 Å². The van der Waals surface area contributed by atoms with E-state index in [0.29, 0.717) is 6.61 Å². The summed E-state index contributed by atoms with van der Waals surface area (Å²) in [5.74, 6) is 0. The highest BCUT2D eigenvalue weighted by molar-refractivity contribution is 7.11. The lowest BCUT2D eigenvalue weighted by Crippen LogP contribution is -2.10. The van der Waals surface area contributed by atoms with Gasteiger partial charge in [0.25, 0.3) is 0 Å². The molecule has 0 saturated carbocycles.